The van der Waals surface area contributed by atoms with Crippen molar-refractivity contribution < 1.29 is 10.0 Å². The first kappa shape index (κ1) is 16.1. The summed E-state index contributed by atoms with van der Waals surface area (Å²) in [5.74, 6) is 5.38. The summed E-state index contributed by atoms with van der Waals surface area (Å²) in [5, 5.41) is 20.4. The summed E-state index contributed by atoms with van der Waals surface area (Å²) in [6, 6.07) is 0.0429. The van der Waals surface area contributed by atoms with Crippen LogP contribution < -0.4 is 16.2 Å². The third kappa shape index (κ3) is 3.31. The molecule has 0 amide bonds. The summed E-state index contributed by atoms with van der Waals surface area (Å²) >= 11 is 0. The smallest absolute Gasteiger partial charge is 0.354 e. The lowest BCUT2D eigenvalue weighted by molar-refractivity contribution is -0.383. The molecule has 0 aromatic carbocycles. The molecule has 0 fully saturated rings. The van der Waals surface area contributed by atoms with E-state index in [2.05, 4.69) is 15.4 Å². The van der Waals surface area contributed by atoms with Crippen LogP contribution in [0.5, 0.6) is 0 Å². The summed E-state index contributed by atoms with van der Waals surface area (Å²) in [6.45, 7) is 4.10. The maximum Gasteiger partial charge on any atom is 0.354 e. The number of aromatic nitrogens is 2. The molecule has 0 unspecified atom stereocenters. The largest absolute Gasteiger partial charge is 0.395 e. The van der Waals surface area contributed by atoms with Crippen LogP contribution in [-0.4, -0.2) is 39.2 Å². The third-order valence-electron chi connectivity index (χ3n) is 3.12. The highest BCUT2D eigenvalue weighted by Crippen LogP contribution is 2.33. The van der Waals surface area contributed by atoms with E-state index in [1.807, 2.05) is 13.8 Å². The maximum atomic E-state index is 11.3. The normalized spacial score (nSPS) is 10.7. The van der Waals surface area contributed by atoms with Crippen LogP contribution >= 0.6 is 0 Å². The topological polar surface area (TPSA) is 130 Å². The summed E-state index contributed by atoms with van der Waals surface area (Å²) in [5.41, 5.74) is 1.93. The minimum absolute atomic E-state index is 0.0429. The summed E-state index contributed by atoms with van der Waals surface area (Å²) in [7, 11) is 0. The van der Waals surface area contributed by atoms with Crippen LogP contribution in [0.15, 0.2) is 6.33 Å². The summed E-state index contributed by atoms with van der Waals surface area (Å²) < 4.78 is 0. The fraction of sp³-hybridized carbons (Fsp3) is 0.636. The molecule has 1 aromatic heterocycles. The van der Waals surface area contributed by atoms with E-state index in [1.54, 1.807) is 4.90 Å². The van der Waals surface area contributed by atoms with Crippen molar-refractivity contribution in [2.45, 2.75) is 32.7 Å². The summed E-state index contributed by atoms with van der Waals surface area (Å²) in [4.78, 5) is 20.2. The first-order chi connectivity index (χ1) is 9.60. The fourth-order valence-corrected chi connectivity index (χ4v) is 2.15. The van der Waals surface area contributed by atoms with E-state index in [9.17, 15) is 15.2 Å². The Morgan fingerprint density at radius 1 is 1.50 bits per heavy atom. The van der Waals surface area contributed by atoms with E-state index >= 15 is 0 Å². The van der Waals surface area contributed by atoms with Gasteiger partial charge in [-0.25, -0.2) is 15.8 Å². The number of anilines is 2. The second kappa shape index (κ2) is 7.56. The molecule has 9 heteroatoms. The Morgan fingerprint density at radius 2 is 2.15 bits per heavy atom. The van der Waals surface area contributed by atoms with Crippen molar-refractivity contribution in [3.05, 3.63) is 16.4 Å². The van der Waals surface area contributed by atoms with Gasteiger partial charge in [0.2, 0.25) is 11.6 Å². The van der Waals surface area contributed by atoms with Crippen molar-refractivity contribution in [3.63, 3.8) is 0 Å². The minimum atomic E-state index is -0.572. The highest BCUT2D eigenvalue weighted by Gasteiger charge is 2.29. The predicted molar refractivity (Wildman–Crippen MR) is 75.3 cm³/mol. The number of aliphatic hydroxyl groups excluding tert-OH is 1. The van der Waals surface area contributed by atoms with Crippen molar-refractivity contribution in [1.82, 2.24) is 9.97 Å². The molecule has 0 bridgehead atoms. The monoisotopic (exact) mass is 284 g/mol. The molecule has 0 aliphatic carbocycles. The first-order valence-corrected chi connectivity index (χ1v) is 6.44. The van der Waals surface area contributed by atoms with E-state index in [0.29, 0.717) is 0 Å². The van der Waals surface area contributed by atoms with E-state index in [1.165, 1.54) is 6.33 Å². The lowest BCUT2D eigenvalue weighted by Gasteiger charge is -2.30. The molecule has 1 aromatic rings. The van der Waals surface area contributed by atoms with Gasteiger partial charge >= 0.3 is 5.69 Å². The molecule has 20 heavy (non-hydrogen) atoms. The van der Waals surface area contributed by atoms with Gasteiger partial charge in [-0.1, -0.05) is 13.8 Å². The van der Waals surface area contributed by atoms with Gasteiger partial charge < -0.3 is 15.4 Å². The van der Waals surface area contributed by atoms with Gasteiger partial charge in [0.05, 0.1) is 11.5 Å². The lowest BCUT2D eigenvalue weighted by atomic mass is 10.1. The Kier molecular flexibility index (Phi) is 6.07. The molecular formula is C11H20N6O3. The van der Waals surface area contributed by atoms with Crippen molar-refractivity contribution in [2.24, 2.45) is 5.84 Å². The molecule has 0 aliphatic heterocycles. The van der Waals surface area contributed by atoms with Gasteiger partial charge in [-0.2, -0.15) is 0 Å². The second-order valence-electron chi connectivity index (χ2n) is 4.18. The molecule has 0 saturated heterocycles. The van der Waals surface area contributed by atoms with Crippen LogP contribution in [0.2, 0.25) is 0 Å². The number of nitrogens with two attached hydrogens (primary N) is 1. The van der Waals surface area contributed by atoms with Gasteiger partial charge in [-0.05, 0) is 12.8 Å². The van der Waals surface area contributed by atoms with Crippen LogP contribution in [-0.2, 0) is 0 Å². The number of rotatable bonds is 8. The number of nitrogens with zero attached hydrogens (tertiary/aromatic N) is 4. The Bertz CT molecular complexity index is 452. The van der Waals surface area contributed by atoms with Crippen molar-refractivity contribution in [2.75, 3.05) is 23.5 Å². The highest BCUT2D eigenvalue weighted by molar-refractivity contribution is 5.70. The van der Waals surface area contributed by atoms with Crippen LogP contribution in [0.4, 0.5) is 17.3 Å². The number of hydrogen-bond donors (Lipinski definition) is 3. The zero-order valence-electron chi connectivity index (χ0n) is 11.6. The van der Waals surface area contributed by atoms with Gasteiger partial charge in [-0.15, -0.1) is 0 Å². The fourth-order valence-electron chi connectivity index (χ4n) is 2.15. The van der Waals surface area contributed by atoms with Crippen LogP contribution in [0.1, 0.15) is 26.7 Å². The Hall–Kier alpha value is -2.00. The molecule has 0 spiro atoms. The first-order valence-electron chi connectivity index (χ1n) is 6.44. The molecule has 0 atom stereocenters. The van der Waals surface area contributed by atoms with Gasteiger partial charge in [0.1, 0.15) is 6.33 Å². The van der Waals surface area contributed by atoms with Gasteiger partial charge in [0.15, 0.2) is 0 Å². The average molecular weight is 284 g/mol. The van der Waals surface area contributed by atoms with Gasteiger partial charge in [0.25, 0.3) is 0 Å². The van der Waals surface area contributed by atoms with Crippen LogP contribution in [0, 0.1) is 10.1 Å². The number of hydrazine groups is 1. The lowest BCUT2D eigenvalue weighted by Crippen LogP contribution is -2.38. The van der Waals surface area contributed by atoms with E-state index in [0.717, 1.165) is 12.8 Å². The number of nitrogens with one attached hydrogen (secondary N) is 1. The Balaban J connectivity index is 3.35. The Morgan fingerprint density at radius 3 is 2.60 bits per heavy atom. The molecule has 4 N–H and O–H groups in total. The quantitative estimate of drug-likeness (QED) is 0.360. The maximum absolute atomic E-state index is 11.3. The van der Waals surface area contributed by atoms with E-state index < -0.39 is 4.92 Å². The van der Waals surface area contributed by atoms with Gasteiger partial charge in [-0.3, -0.25) is 10.1 Å². The molecule has 0 aliphatic rings. The SMILES string of the molecule is CCC(CC)N(CCO)c1ncnc(NN)c1[N+](=O)[O-]. The highest BCUT2D eigenvalue weighted by atomic mass is 16.6. The molecule has 1 rings (SSSR count). The summed E-state index contributed by atoms with van der Waals surface area (Å²) in [6.07, 6.45) is 2.77. The van der Waals surface area contributed by atoms with Crippen molar-refractivity contribution in [1.29, 1.82) is 0 Å². The van der Waals surface area contributed by atoms with Crippen molar-refractivity contribution in [3.8, 4) is 0 Å². The number of nitrogen functional groups attached to an aromatic ring is 1. The van der Waals surface area contributed by atoms with Gasteiger partial charge in [0, 0.05) is 12.6 Å². The van der Waals surface area contributed by atoms with Crippen molar-refractivity contribution >= 4 is 17.3 Å². The standard InChI is InChI=1S/C11H20N6O3/c1-3-8(4-2)16(5-6-18)11-9(17(19)20)10(15-12)13-7-14-11/h7-8,18H,3-6,12H2,1-2H3,(H,13,14,15). The molecule has 9 nitrogen and oxygen atoms in total. The van der Waals surface area contributed by atoms with E-state index in [4.69, 9.17) is 5.84 Å². The Labute approximate surface area is 116 Å². The molecule has 0 saturated carbocycles. The second-order valence-corrected chi connectivity index (χ2v) is 4.18. The zero-order chi connectivity index (χ0) is 15.1. The average Bonchev–Trinajstić information content (AvgIpc) is 2.46. The van der Waals surface area contributed by atoms with Crippen LogP contribution in [0.3, 0.4) is 0 Å². The number of aliphatic hydroxyl groups is 1. The zero-order valence-corrected chi connectivity index (χ0v) is 11.6. The van der Waals surface area contributed by atoms with E-state index in [-0.39, 0.29) is 36.5 Å². The van der Waals surface area contributed by atoms with Crippen LogP contribution in [0.25, 0.3) is 0 Å². The predicted octanol–water partition coefficient (Wildman–Crippen LogP) is 0.658. The molecule has 1 heterocycles. The number of hydrogen-bond acceptors (Lipinski definition) is 8. The number of nitro groups is 1. The third-order valence-corrected chi connectivity index (χ3v) is 3.12. The molecular weight excluding hydrogens is 264 g/mol. The minimum Gasteiger partial charge on any atom is -0.395 e. The molecule has 112 valence electrons. The molecule has 0 radical (unpaired) electrons.